The lowest BCUT2D eigenvalue weighted by molar-refractivity contribution is 0.558. The number of sulfone groups is 1. The molecule has 102 valence electrons. The van der Waals surface area contributed by atoms with E-state index in [4.69, 9.17) is 11.6 Å². The Morgan fingerprint density at radius 3 is 2.50 bits per heavy atom. The summed E-state index contributed by atoms with van der Waals surface area (Å²) in [6, 6.07) is 10.2. The van der Waals surface area contributed by atoms with Crippen LogP contribution >= 0.6 is 11.6 Å². The number of rotatable bonds is 8. The van der Waals surface area contributed by atoms with Gasteiger partial charge >= 0.3 is 0 Å². The van der Waals surface area contributed by atoms with E-state index in [-0.39, 0.29) is 17.5 Å². The van der Waals surface area contributed by atoms with Gasteiger partial charge < -0.3 is 5.32 Å². The van der Waals surface area contributed by atoms with Gasteiger partial charge in [-0.3, -0.25) is 0 Å². The zero-order valence-electron chi connectivity index (χ0n) is 10.6. The maximum Gasteiger partial charge on any atom is 0.151 e. The van der Waals surface area contributed by atoms with Crippen LogP contribution in [-0.2, 0) is 16.3 Å². The summed E-state index contributed by atoms with van der Waals surface area (Å²) in [5.74, 6) is 0.839. The second kappa shape index (κ2) is 7.77. The van der Waals surface area contributed by atoms with Crippen molar-refractivity contribution >= 4 is 21.4 Å². The summed E-state index contributed by atoms with van der Waals surface area (Å²) in [4.78, 5) is 0. The Morgan fingerprint density at radius 2 is 1.94 bits per heavy atom. The second-order valence-electron chi connectivity index (χ2n) is 4.23. The van der Waals surface area contributed by atoms with Gasteiger partial charge in [0.1, 0.15) is 0 Å². The molecule has 1 unspecified atom stereocenters. The fourth-order valence-corrected chi connectivity index (χ4v) is 2.58. The summed E-state index contributed by atoms with van der Waals surface area (Å²) in [5.41, 5.74) is 1.20. The maximum atomic E-state index is 11.4. The molecule has 0 aromatic heterocycles. The molecule has 0 fully saturated rings. The maximum absolute atomic E-state index is 11.4. The van der Waals surface area contributed by atoms with Crippen LogP contribution in [0.15, 0.2) is 30.3 Å². The first-order chi connectivity index (χ1) is 8.57. The van der Waals surface area contributed by atoms with E-state index in [1.807, 2.05) is 30.3 Å². The standard InChI is InChI=1S/C13H20ClNO2S/c1-2-18(16,17)9-8-15-13(11-14)10-12-6-4-3-5-7-12/h3-7,13,15H,2,8-11H2,1H3. The van der Waals surface area contributed by atoms with Crippen LogP contribution in [0.25, 0.3) is 0 Å². The molecule has 1 atom stereocenters. The van der Waals surface area contributed by atoms with Crippen molar-refractivity contribution in [2.45, 2.75) is 19.4 Å². The van der Waals surface area contributed by atoms with Crippen LogP contribution in [0.1, 0.15) is 12.5 Å². The molecule has 1 rings (SSSR count). The molecule has 5 heteroatoms. The first-order valence-electron chi connectivity index (χ1n) is 6.11. The lowest BCUT2D eigenvalue weighted by Crippen LogP contribution is -2.36. The molecule has 1 aromatic rings. The molecule has 0 aliphatic heterocycles. The summed E-state index contributed by atoms with van der Waals surface area (Å²) in [5, 5.41) is 3.20. The van der Waals surface area contributed by atoms with Gasteiger partial charge in [-0.1, -0.05) is 37.3 Å². The first-order valence-corrected chi connectivity index (χ1v) is 8.46. The van der Waals surface area contributed by atoms with Crippen molar-refractivity contribution in [1.82, 2.24) is 5.32 Å². The van der Waals surface area contributed by atoms with Crippen molar-refractivity contribution in [1.29, 1.82) is 0 Å². The minimum Gasteiger partial charge on any atom is -0.311 e. The minimum absolute atomic E-state index is 0.112. The molecule has 0 aliphatic rings. The third-order valence-electron chi connectivity index (χ3n) is 2.80. The Balaban J connectivity index is 2.39. The smallest absolute Gasteiger partial charge is 0.151 e. The van der Waals surface area contributed by atoms with Gasteiger partial charge in [0.2, 0.25) is 0 Å². The highest BCUT2D eigenvalue weighted by Crippen LogP contribution is 2.04. The molecular weight excluding hydrogens is 270 g/mol. The minimum atomic E-state index is -2.90. The Bertz CT molecular complexity index is 434. The van der Waals surface area contributed by atoms with Crippen LogP contribution in [0, 0.1) is 0 Å². The van der Waals surface area contributed by atoms with E-state index >= 15 is 0 Å². The van der Waals surface area contributed by atoms with Crippen LogP contribution in [0.5, 0.6) is 0 Å². The van der Waals surface area contributed by atoms with Crippen molar-refractivity contribution in [3.63, 3.8) is 0 Å². The Hall–Kier alpha value is -0.580. The molecule has 0 heterocycles. The largest absolute Gasteiger partial charge is 0.311 e. The average molecular weight is 290 g/mol. The second-order valence-corrected chi connectivity index (χ2v) is 7.01. The number of benzene rings is 1. The molecule has 0 spiro atoms. The Kier molecular flexibility index (Phi) is 6.68. The van der Waals surface area contributed by atoms with E-state index in [1.54, 1.807) is 6.92 Å². The normalized spacial score (nSPS) is 13.4. The number of halogens is 1. The van der Waals surface area contributed by atoms with Gasteiger partial charge in [-0.25, -0.2) is 8.42 Å². The first kappa shape index (κ1) is 15.5. The van der Waals surface area contributed by atoms with E-state index < -0.39 is 9.84 Å². The zero-order valence-corrected chi connectivity index (χ0v) is 12.2. The molecule has 0 amide bonds. The quantitative estimate of drug-likeness (QED) is 0.743. The van der Waals surface area contributed by atoms with E-state index in [1.165, 1.54) is 5.56 Å². The average Bonchev–Trinajstić information content (AvgIpc) is 2.38. The molecule has 1 aromatic carbocycles. The van der Waals surface area contributed by atoms with Gasteiger partial charge in [0.25, 0.3) is 0 Å². The van der Waals surface area contributed by atoms with Gasteiger partial charge in [-0.2, -0.15) is 0 Å². The highest BCUT2D eigenvalue weighted by Gasteiger charge is 2.11. The topological polar surface area (TPSA) is 46.2 Å². The highest BCUT2D eigenvalue weighted by atomic mass is 35.5. The summed E-state index contributed by atoms with van der Waals surface area (Å²) >= 11 is 5.89. The SMILES string of the molecule is CCS(=O)(=O)CCNC(CCl)Cc1ccccc1. The fourth-order valence-electron chi connectivity index (χ4n) is 1.64. The molecule has 18 heavy (non-hydrogen) atoms. The molecule has 0 bridgehead atoms. The summed E-state index contributed by atoms with van der Waals surface area (Å²) in [7, 11) is -2.90. The third-order valence-corrected chi connectivity index (χ3v) is 4.88. The molecule has 0 saturated heterocycles. The van der Waals surface area contributed by atoms with Gasteiger partial charge in [0.15, 0.2) is 9.84 Å². The Morgan fingerprint density at radius 1 is 1.28 bits per heavy atom. The van der Waals surface area contributed by atoms with Crippen molar-refractivity contribution in [3.8, 4) is 0 Å². The van der Waals surface area contributed by atoms with Crippen LogP contribution in [-0.4, -0.2) is 38.4 Å². The van der Waals surface area contributed by atoms with Crippen molar-refractivity contribution in [3.05, 3.63) is 35.9 Å². The van der Waals surface area contributed by atoms with Crippen LogP contribution < -0.4 is 5.32 Å². The van der Waals surface area contributed by atoms with E-state index in [0.29, 0.717) is 12.4 Å². The van der Waals surface area contributed by atoms with Crippen molar-refractivity contribution in [2.75, 3.05) is 23.9 Å². The van der Waals surface area contributed by atoms with Crippen molar-refractivity contribution in [2.24, 2.45) is 0 Å². The van der Waals surface area contributed by atoms with Crippen LogP contribution in [0.3, 0.4) is 0 Å². The van der Waals surface area contributed by atoms with Gasteiger partial charge in [0.05, 0.1) is 5.75 Å². The number of hydrogen-bond donors (Lipinski definition) is 1. The molecular formula is C13H20ClNO2S. The predicted octanol–water partition coefficient (Wildman–Crippen LogP) is 1.86. The summed E-state index contributed by atoms with van der Waals surface area (Å²) in [6.45, 7) is 2.12. The highest BCUT2D eigenvalue weighted by molar-refractivity contribution is 7.91. The lowest BCUT2D eigenvalue weighted by Gasteiger charge is -2.16. The molecule has 1 N–H and O–H groups in total. The Labute approximate surface area is 114 Å². The van der Waals surface area contributed by atoms with Crippen LogP contribution in [0.2, 0.25) is 0 Å². The predicted molar refractivity (Wildman–Crippen MR) is 77.0 cm³/mol. The zero-order chi connectivity index (χ0) is 13.4. The third kappa shape index (κ3) is 5.85. The van der Waals surface area contributed by atoms with Crippen LogP contribution in [0.4, 0.5) is 0 Å². The number of nitrogens with one attached hydrogen (secondary N) is 1. The molecule has 0 aliphatic carbocycles. The van der Waals surface area contributed by atoms with E-state index in [2.05, 4.69) is 5.32 Å². The molecule has 3 nitrogen and oxygen atoms in total. The van der Waals surface area contributed by atoms with Gasteiger partial charge in [0, 0.05) is 24.2 Å². The van der Waals surface area contributed by atoms with E-state index in [9.17, 15) is 8.42 Å². The molecule has 0 radical (unpaired) electrons. The van der Waals surface area contributed by atoms with E-state index in [0.717, 1.165) is 6.42 Å². The summed E-state index contributed by atoms with van der Waals surface area (Å²) < 4.78 is 22.7. The van der Waals surface area contributed by atoms with Gasteiger partial charge in [-0.15, -0.1) is 11.6 Å². The van der Waals surface area contributed by atoms with Gasteiger partial charge in [-0.05, 0) is 12.0 Å². The molecule has 0 saturated carbocycles. The fraction of sp³-hybridized carbons (Fsp3) is 0.538. The van der Waals surface area contributed by atoms with Crippen molar-refractivity contribution < 1.29 is 8.42 Å². The lowest BCUT2D eigenvalue weighted by atomic mass is 10.1. The summed E-state index contributed by atoms with van der Waals surface area (Å²) in [6.07, 6.45) is 0.816. The number of hydrogen-bond acceptors (Lipinski definition) is 3. The number of alkyl halides is 1. The monoisotopic (exact) mass is 289 g/mol.